The Morgan fingerprint density at radius 2 is 1.41 bits per heavy atom. The van der Waals surface area contributed by atoms with E-state index in [4.69, 9.17) is 14.5 Å². The molecule has 2 aromatic carbocycles. The lowest BCUT2D eigenvalue weighted by atomic mass is 10.0. The van der Waals surface area contributed by atoms with E-state index in [1.807, 2.05) is 12.1 Å². The largest absolute Gasteiger partial charge is 0.495 e. The Labute approximate surface area is 252 Å². The smallest absolute Gasteiger partial charge is 0.231 e. The van der Waals surface area contributed by atoms with Crippen LogP contribution in [0.5, 0.6) is 11.5 Å². The first-order valence-electron chi connectivity index (χ1n) is 16.0. The summed E-state index contributed by atoms with van der Waals surface area (Å²) in [5.41, 5.74) is 3.92. The second-order valence-corrected chi connectivity index (χ2v) is 12.1. The average Bonchev–Trinajstić information content (AvgIpc) is 3.40. The Bertz CT molecular complexity index is 1180. The number of azo groups is 1. The van der Waals surface area contributed by atoms with Gasteiger partial charge < -0.3 is 14.8 Å². The number of methoxy groups -OCH3 is 2. The van der Waals surface area contributed by atoms with Crippen LogP contribution < -0.4 is 14.8 Å². The van der Waals surface area contributed by atoms with Crippen LogP contribution in [0.4, 0.5) is 16.5 Å². The standard InChI is InChI=1S/C34H52N4O2S/c1-6-9-12-13-14-17-18-26-21-22-28-33(23-26)41-34(36-28)38-37-30-25-31(39-4)29(24-32(30)40-5)35-27(19-15-10-7-2)20-16-11-8-3/h21-25,27,35H,6-20H2,1-5H3. The average molecular weight is 581 g/mol. The fourth-order valence-electron chi connectivity index (χ4n) is 5.22. The highest BCUT2D eigenvalue weighted by Gasteiger charge is 2.16. The van der Waals surface area contributed by atoms with Crippen molar-refractivity contribution in [2.75, 3.05) is 19.5 Å². The highest BCUT2D eigenvalue weighted by molar-refractivity contribution is 7.21. The number of unbranched alkanes of at least 4 members (excludes halogenated alkanes) is 9. The van der Waals surface area contributed by atoms with E-state index < -0.39 is 0 Å². The molecule has 1 heterocycles. The molecule has 7 heteroatoms. The van der Waals surface area contributed by atoms with Crippen molar-refractivity contribution in [3.8, 4) is 11.5 Å². The number of anilines is 1. The minimum atomic E-state index is 0.410. The van der Waals surface area contributed by atoms with Gasteiger partial charge in [-0.05, 0) is 43.4 Å². The van der Waals surface area contributed by atoms with E-state index in [1.54, 1.807) is 25.6 Å². The Kier molecular flexibility index (Phi) is 15.0. The molecule has 41 heavy (non-hydrogen) atoms. The number of hydrogen-bond donors (Lipinski definition) is 1. The Morgan fingerprint density at radius 3 is 2.10 bits per heavy atom. The normalized spacial score (nSPS) is 11.7. The number of nitrogens with zero attached hydrogens (tertiary/aromatic N) is 3. The molecule has 0 fully saturated rings. The predicted molar refractivity (Wildman–Crippen MR) is 176 cm³/mol. The third kappa shape index (κ3) is 10.9. The maximum atomic E-state index is 5.78. The van der Waals surface area contributed by atoms with Crippen LogP contribution in [0.2, 0.25) is 0 Å². The predicted octanol–water partition coefficient (Wildman–Crippen LogP) is 11.6. The van der Waals surface area contributed by atoms with Gasteiger partial charge in [-0.15, -0.1) is 10.2 Å². The second kappa shape index (κ2) is 18.7. The monoisotopic (exact) mass is 580 g/mol. The number of ether oxygens (including phenoxy) is 2. The van der Waals surface area contributed by atoms with Crippen LogP contribution in [0.15, 0.2) is 40.6 Å². The van der Waals surface area contributed by atoms with E-state index in [2.05, 4.69) is 54.5 Å². The molecular formula is C34H52N4O2S. The molecule has 6 nitrogen and oxygen atoms in total. The molecule has 0 aliphatic rings. The fourth-order valence-corrected chi connectivity index (χ4v) is 6.07. The Morgan fingerprint density at radius 1 is 0.756 bits per heavy atom. The van der Waals surface area contributed by atoms with Crippen molar-refractivity contribution in [3.63, 3.8) is 0 Å². The molecule has 1 N–H and O–H groups in total. The summed E-state index contributed by atoms with van der Waals surface area (Å²) in [7, 11) is 3.38. The summed E-state index contributed by atoms with van der Waals surface area (Å²) in [4.78, 5) is 4.70. The van der Waals surface area contributed by atoms with Gasteiger partial charge in [-0.3, -0.25) is 0 Å². The van der Waals surface area contributed by atoms with Crippen LogP contribution in [0, 0.1) is 0 Å². The number of aromatic nitrogens is 1. The highest BCUT2D eigenvalue weighted by Crippen LogP contribution is 2.40. The topological polar surface area (TPSA) is 68.1 Å². The number of aryl methyl sites for hydroxylation is 1. The molecule has 0 radical (unpaired) electrons. The molecule has 0 aliphatic heterocycles. The van der Waals surface area contributed by atoms with Crippen molar-refractivity contribution in [1.82, 2.24) is 4.98 Å². The molecule has 0 aliphatic carbocycles. The van der Waals surface area contributed by atoms with E-state index >= 15 is 0 Å². The van der Waals surface area contributed by atoms with Crippen LogP contribution >= 0.6 is 11.3 Å². The van der Waals surface area contributed by atoms with E-state index in [0.29, 0.717) is 22.6 Å². The van der Waals surface area contributed by atoms with Crippen molar-refractivity contribution in [2.24, 2.45) is 10.2 Å². The van der Waals surface area contributed by atoms with Crippen molar-refractivity contribution < 1.29 is 9.47 Å². The highest BCUT2D eigenvalue weighted by atomic mass is 32.1. The SMILES string of the molecule is CCCCCCCCc1ccc2nc(N=Nc3cc(OC)c(NC(CCCCC)CCCCC)cc3OC)sc2c1. The van der Waals surface area contributed by atoms with Crippen LogP contribution in [0.25, 0.3) is 10.2 Å². The van der Waals surface area contributed by atoms with Crippen LogP contribution in [-0.4, -0.2) is 25.2 Å². The quantitative estimate of drug-likeness (QED) is 0.100. The van der Waals surface area contributed by atoms with E-state index in [9.17, 15) is 0 Å². The number of benzene rings is 2. The lowest BCUT2D eigenvalue weighted by Crippen LogP contribution is -2.20. The van der Waals surface area contributed by atoms with Crippen molar-refractivity contribution in [1.29, 1.82) is 0 Å². The maximum Gasteiger partial charge on any atom is 0.231 e. The van der Waals surface area contributed by atoms with Gasteiger partial charge in [0.1, 0.15) is 17.2 Å². The molecule has 0 bridgehead atoms. The molecule has 3 aromatic rings. The first-order valence-corrected chi connectivity index (χ1v) is 16.8. The second-order valence-electron chi connectivity index (χ2n) is 11.1. The number of hydrogen-bond acceptors (Lipinski definition) is 7. The van der Waals surface area contributed by atoms with E-state index in [1.165, 1.54) is 82.6 Å². The van der Waals surface area contributed by atoms with Gasteiger partial charge in [0.15, 0.2) is 0 Å². The maximum absolute atomic E-state index is 5.78. The lowest BCUT2D eigenvalue weighted by Gasteiger charge is -2.22. The molecule has 0 atom stereocenters. The van der Waals surface area contributed by atoms with Gasteiger partial charge in [0.25, 0.3) is 0 Å². The summed E-state index contributed by atoms with van der Waals surface area (Å²) in [5, 5.41) is 13.4. The summed E-state index contributed by atoms with van der Waals surface area (Å²) in [6, 6.07) is 10.9. The van der Waals surface area contributed by atoms with Gasteiger partial charge in [-0.1, -0.05) is 109 Å². The summed E-state index contributed by atoms with van der Waals surface area (Å²) in [6.07, 6.45) is 18.8. The van der Waals surface area contributed by atoms with Gasteiger partial charge in [-0.2, -0.15) is 0 Å². The molecule has 0 amide bonds. The first kappa shape index (κ1) is 32.8. The van der Waals surface area contributed by atoms with E-state index in [-0.39, 0.29) is 0 Å². The molecular weight excluding hydrogens is 528 g/mol. The lowest BCUT2D eigenvalue weighted by molar-refractivity contribution is 0.404. The molecule has 0 saturated heterocycles. The van der Waals surface area contributed by atoms with Crippen molar-refractivity contribution in [3.05, 3.63) is 35.9 Å². The first-order chi connectivity index (χ1) is 20.1. The molecule has 0 unspecified atom stereocenters. The Hall–Kier alpha value is -2.67. The molecule has 1 aromatic heterocycles. The van der Waals surface area contributed by atoms with Crippen LogP contribution in [0.3, 0.4) is 0 Å². The number of fused-ring (bicyclic) bond motifs is 1. The van der Waals surface area contributed by atoms with Gasteiger partial charge in [-0.25, -0.2) is 4.98 Å². The zero-order chi connectivity index (χ0) is 29.3. The summed E-state index contributed by atoms with van der Waals surface area (Å²) >= 11 is 1.58. The fraction of sp³-hybridized carbons (Fsp3) is 0.618. The summed E-state index contributed by atoms with van der Waals surface area (Å²) in [6.45, 7) is 6.77. The molecule has 0 saturated carbocycles. The van der Waals surface area contributed by atoms with Crippen molar-refractivity contribution in [2.45, 2.75) is 123 Å². The van der Waals surface area contributed by atoms with Gasteiger partial charge >= 0.3 is 0 Å². The zero-order valence-electron chi connectivity index (χ0n) is 26.1. The number of rotatable bonds is 21. The Balaban J connectivity index is 1.71. The van der Waals surface area contributed by atoms with Gasteiger partial charge in [0, 0.05) is 18.2 Å². The van der Waals surface area contributed by atoms with E-state index in [0.717, 1.165) is 40.9 Å². The minimum absolute atomic E-state index is 0.410. The van der Waals surface area contributed by atoms with Crippen LogP contribution in [-0.2, 0) is 6.42 Å². The minimum Gasteiger partial charge on any atom is -0.495 e. The van der Waals surface area contributed by atoms with Crippen molar-refractivity contribution >= 4 is 38.1 Å². The third-order valence-electron chi connectivity index (χ3n) is 7.68. The third-order valence-corrected chi connectivity index (χ3v) is 8.58. The number of nitrogens with one attached hydrogen (secondary N) is 1. The van der Waals surface area contributed by atoms with Crippen LogP contribution in [0.1, 0.15) is 116 Å². The molecule has 0 spiro atoms. The number of thiazole rings is 1. The van der Waals surface area contributed by atoms with Gasteiger partial charge in [0.2, 0.25) is 5.13 Å². The summed E-state index contributed by atoms with van der Waals surface area (Å²) < 4.78 is 12.7. The zero-order valence-corrected chi connectivity index (χ0v) is 27.0. The molecule has 3 rings (SSSR count). The van der Waals surface area contributed by atoms with Gasteiger partial charge in [0.05, 0.1) is 30.1 Å². The molecule has 226 valence electrons. The summed E-state index contributed by atoms with van der Waals surface area (Å²) in [5.74, 6) is 1.42.